The number of fused-ring (bicyclic) bond motifs is 1. The van der Waals surface area contributed by atoms with Crippen LogP contribution in [-0.4, -0.2) is 27.9 Å². The molecule has 3 aromatic rings. The van der Waals surface area contributed by atoms with Gasteiger partial charge in [-0.15, -0.1) is 0 Å². The minimum atomic E-state index is -0.437. The average Bonchev–Trinajstić information content (AvgIpc) is 3.02. The van der Waals surface area contributed by atoms with Crippen LogP contribution in [0, 0.1) is 0 Å². The molecule has 0 fully saturated rings. The molecule has 0 aliphatic carbocycles. The Bertz CT molecular complexity index is 862. The highest BCUT2D eigenvalue weighted by atomic mass is 32.1. The molecule has 7 heteroatoms. The maximum atomic E-state index is 11.1. The number of carbonyl (C=O) groups is 1. The number of rotatable bonds is 6. The summed E-state index contributed by atoms with van der Waals surface area (Å²) in [5.74, 6) is -0.106. The number of hydrogen-bond acceptors (Lipinski definition) is 5. The molecule has 0 aliphatic rings. The second kappa shape index (κ2) is 7.69. The van der Waals surface area contributed by atoms with E-state index in [1.165, 1.54) is 6.92 Å². The topological polar surface area (TPSA) is 95.8 Å². The quantitative estimate of drug-likeness (QED) is 0.346. The van der Waals surface area contributed by atoms with Gasteiger partial charge in [0.2, 0.25) is 5.91 Å². The number of amides is 1. The van der Waals surface area contributed by atoms with Crippen LogP contribution in [0.2, 0.25) is 0 Å². The lowest BCUT2D eigenvalue weighted by Crippen LogP contribution is -2.40. The van der Waals surface area contributed by atoms with E-state index >= 15 is 0 Å². The van der Waals surface area contributed by atoms with Gasteiger partial charge in [0.25, 0.3) is 0 Å². The van der Waals surface area contributed by atoms with Crippen LogP contribution in [-0.2, 0) is 4.79 Å². The predicted molar refractivity (Wildman–Crippen MR) is 103 cm³/mol. The molecule has 130 valence electrons. The summed E-state index contributed by atoms with van der Waals surface area (Å²) in [7, 11) is 0. The van der Waals surface area contributed by atoms with E-state index in [1.54, 1.807) is 0 Å². The third-order valence-electron chi connectivity index (χ3n) is 4.01. The molecule has 6 nitrogen and oxygen atoms in total. The number of nitrogens with zero attached hydrogens (tertiary/aromatic N) is 1. The van der Waals surface area contributed by atoms with E-state index in [9.17, 15) is 4.79 Å². The Morgan fingerprint density at radius 2 is 2.08 bits per heavy atom. The van der Waals surface area contributed by atoms with Gasteiger partial charge in [0, 0.05) is 30.3 Å². The number of pyridine rings is 1. The molecule has 1 amide bonds. The van der Waals surface area contributed by atoms with Crippen molar-refractivity contribution in [2.24, 2.45) is 5.73 Å². The summed E-state index contributed by atoms with van der Waals surface area (Å²) < 4.78 is 0. The van der Waals surface area contributed by atoms with Gasteiger partial charge in [-0.05, 0) is 17.2 Å². The second-order valence-electron chi connectivity index (χ2n) is 5.81. The Balaban J connectivity index is 1.95. The molecule has 5 N–H and O–H groups in total. The highest BCUT2D eigenvalue weighted by Crippen LogP contribution is 2.29. The number of nitrogens with two attached hydrogens (primary N) is 1. The first-order valence-electron chi connectivity index (χ1n) is 8.00. The zero-order valence-electron chi connectivity index (χ0n) is 13.9. The molecule has 1 aromatic carbocycles. The Labute approximate surface area is 151 Å². The fraction of sp³-hybridized carbons (Fsp3) is 0.222. The molecule has 2 heterocycles. The van der Waals surface area contributed by atoms with Gasteiger partial charge in [-0.2, -0.15) is 12.6 Å². The zero-order chi connectivity index (χ0) is 17.8. The molecule has 0 saturated carbocycles. The molecule has 2 unspecified atom stereocenters. The molecular formula is C18H21N5OS. The SMILES string of the molecule is CC(=O)NCNC(c1c[nH]c2ncc(-c3ccccc3)cc12)C(N)S. The van der Waals surface area contributed by atoms with Crippen molar-refractivity contribution in [2.75, 3.05) is 6.67 Å². The fourth-order valence-electron chi connectivity index (χ4n) is 2.77. The van der Waals surface area contributed by atoms with Crippen molar-refractivity contribution in [3.63, 3.8) is 0 Å². The zero-order valence-corrected chi connectivity index (χ0v) is 14.8. The lowest BCUT2D eigenvalue weighted by Gasteiger charge is -2.21. The maximum absolute atomic E-state index is 11.1. The van der Waals surface area contributed by atoms with E-state index in [4.69, 9.17) is 5.73 Å². The first kappa shape index (κ1) is 17.5. The van der Waals surface area contributed by atoms with Crippen LogP contribution < -0.4 is 16.4 Å². The van der Waals surface area contributed by atoms with Crippen molar-refractivity contribution in [1.29, 1.82) is 0 Å². The summed E-state index contributed by atoms with van der Waals surface area (Å²) in [4.78, 5) is 18.8. The number of hydrogen-bond donors (Lipinski definition) is 5. The molecule has 0 aliphatic heterocycles. The molecular weight excluding hydrogens is 334 g/mol. The Morgan fingerprint density at radius 3 is 2.76 bits per heavy atom. The lowest BCUT2D eigenvalue weighted by molar-refractivity contribution is -0.119. The van der Waals surface area contributed by atoms with E-state index in [-0.39, 0.29) is 11.9 Å². The second-order valence-corrected chi connectivity index (χ2v) is 6.41. The number of carbonyl (C=O) groups excluding carboxylic acids is 1. The number of nitrogens with one attached hydrogen (secondary N) is 3. The van der Waals surface area contributed by atoms with Gasteiger partial charge < -0.3 is 16.0 Å². The van der Waals surface area contributed by atoms with Gasteiger partial charge >= 0.3 is 0 Å². The number of benzene rings is 1. The van der Waals surface area contributed by atoms with Gasteiger partial charge in [0.05, 0.1) is 18.1 Å². The van der Waals surface area contributed by atoms with E-state index in [0.29, 0.717) is 6.67 Å². The summed E-state index contributed by atoms with van der Waals surface area (Å²) in [5.41, 5.74) is 9.92. The number of aromatic amines is 1. The van der Waals surface area contributed by atoms with Crippen LogP contribution >= 0.6 is 12.6 Å². The molecule has 0 saturated heterocycles. The van der Waals surface area contributed by atoms with Crippen LogP contribution in [0.15, 0.2) is 48.8 Å². The van der Waals surface area contributed by atoms with Crippen molar-refractivity contribution in [3.05, 3.63) is 54.4 Å². The predicted octanol–water partition coefficient (Wildman–Crippen LogP) is 2.17. The average molecular weight is 355 g/mol. The van der Waals surface area contributed by atoms with Crippen LogP contribution in [0.4, 0.5) is 0 Å². The minimum absolute atomic E-state index is 0.106. The number of H-pyrrole nitrogens is 1. The maximum Gasteiger partial charge on any atom is 0.217 e. The largest absolute Gasteiger partial charge is 0.346 e. The summed E-state index contributed by atoms with van der Waals surface area (Å²) in [6, 6.07) is 11.9. The summed E-state index contributed by atoms with van der Waals surface area (Å²) in [5, 5.41) is 6.48. The number of aromatic nitrogens is 2. The monoisotopic (exact) mass is 355 g/mol. The van der Waals surface area contributed by atoms with E-state index in [1.807, 2.05) is 42.7 Å². The Kier molecular flexibility index (Phi) is 5.37. The van der Waals surface area contributed by atoms with Crippen LogP contribution in [0.3, 0.4) is 0 Å². The first-order valence-corrected chi connectivity index (χ1v) is 8.52. The third kappa shape index (κ3) is 4.01. The molecule has 0 radical (unpaired) electrons. The van der Waals surface area contributed by atoms with Crippen LogP contribution in [0.1, 0.15) is 18.5 Å². The van der Waals surface area contributed by atoms with Crippen molar-refractivity contribution >= 4 is 29.6 Å². The standard InChI is InChI=1S/C18H21N5OS/c1-11(24)22-10-23-16(17(19)25)15-9-21-18-14(15)7-13(8-20-18)12-5-3-2-4-6-12/h2-9,16-17,23,25H,10,19H2,1H3,(H,20,21)(H,22,24). The smallest absolute Gasteiger partial charge is 0.217 e. The first-order chi connectivity index (χ1) is 12.1. The fourth-order valence-corrected chi connectivity index (χ4v) is 3.04. The van der Waals surface area contributed by atoms with E-state index in [0.717, 1.165) is 27.7 Å². The van der Waals surface area contributed by atoms with E-state index < -0.39 is 5.37 Å². The molecule has 2 aromatic heterocycles. The summed E-state index contributed by atoms with van der Waals surface area (Å²) in [6.07, 6.45) is 3.73. The van der Waals surface area contributed by atoms with Gasteiger partial charge in [0.1, 0.15) is 5.65 Å². The Hall–Kier alpha value is -2.35. The van der Waals surface area contributed by atoms with E-state index in [2.05, 4.69) is 39.3 Å². The highest BCUT2D eigenvalue weighted by molar-refractivity contribution is 7.80. The molecule has 0 spiro atoms. The molecule has 0 bridgehead atoms. The van der Waals surface area contributed by atoms with Crippen molar-refractivity contribution in [3.8, 4) is 11.1 Å². The normalized spacial score (nSPS) is 13.6. The number of thiol groups is 1. The third-order valence-corrected chi connectivity index (χ3v) is 4.30. The van der Waals surface area contributed by atoms with Gasteiger partial charge in [0.15, 0.2) is 0 Å². The molecule has 25 heavy (non-hydrogen) atoms. The van der Waals surface area contributed by atoms with Gasteiger partial charge in [-0.3, -0.25) is 10.1 Å². The van der Waals surface area contributed by atoms with Crippen molar-refractivity contribution in [1.82, 2.24) is 20.6 Å². The van der Waals surface area contributed by atoms with Gasteiger partial charge in [-0.1, -0.05) is 30.3 Å². The summed E-state index contributed by atoms with van der Waals surface area (Å²) in [6.45, 7) is 1.78. The van der Waals surface area contributed by atoms with Crippen LogP contribution in [0.5, 0.6) is 0 Å². The van der Waals surface area contributed by atoms with Crippen molar-refractivity contribution in [2.45, 2.75) is 18.3 Å². The lowest BCUT2D eigenvalue weighted by atomic mass is 10.0. The Morgan fingerprint density at radius 1 is 1.32 bits per heavy atom. The highest BCUT2D eigenvalue weighted by Gasteiger charge is 2.20. The summed E-state index contributed by atoms with van der Waals surface area (Å²) >= 11 is 4.39. The van der Waals surface area contributed by atoms with Crippen molar-refractivity contribution < 1.29 is 4.79 Å². The molecule has 3 rings (SSSR count). The minimum Gasteiger partial charge on any atom is -0.346 e. The van der Waals surface area contributed by atoms with Gasteiger partial charge in [-0.25, -0.2) is 4.98 Å². The van der Waals surface area contributed by atoms with Crippen LogP contribution in [0.25, 0.3) is 22.2 Å². The molecule has 2 atom stereocenters.